The third kappa shape index (κ3) is 4.29. The van der Waals surface area contributed by atoms with Crippen molar-refractivity contribution in [3.8, 4) is 0 Å². The number of nitrogens with one attached hydrogen (secondary N) is 1. The molecule has 0 spiro atoms. The third-order valence-electron chi connectivity index (χ3n) is 3.51. The monoisotopic (exact) mass is 290 g/mol. The van der Waals surface area contributed by atoms with Crippen LogP contribution in [0.25, 0.3) is 0 Å². The number of amides is 1. The lowest BCUT2D eigenvalue weighted by molar-refractivity contribution is -0.123. The fraction of sp³-hybridized carbons (Fsp3) is 0.500. The van der Waals surface area contributed by atoms with Gasteiger partial charge in [-0.25, -0.2) is 0 Å². The van der Waals surface area contributed by atoms with Crippen LogP contribution in [0.15, 0.2) is 24.3 Å². The Morgan fingerprint density at radius 1 is 1.19 bits per heavy atom. The zero-order chi connectivity index (χ0) is 15.2. The van der Waals surface area contributed by atoms with E-state index in [-0.39, 0.29) is 24.2 Å². The molecule has 1 amide bonds. The normalized spacial score (nSPS) is 15.1. The Balaban J connectivity index is 1.91. The molecule has 1 aromatic rings. The van der Waals surface area contributed by atoms with Gasteiger partial charge in [0.2, 0.25) is 5.91 Å². The predicted octanol–water partition coefficient (Wildman–Crippen LogP) is 1.48. The van der Waals surface area contributed by atoms with Gasteiger partial charge >= 0.3 is 0 Å². The molecule has 5 nitrogen and oxygen atoms in total. The molecule has 0 atom stereocenters. The molecule has 114 valence electrons. The molecule has 1 saturated heterocycles. The second-order valence-electron chi connectivity index (χ2n) is 5.44. The lowest BCUT2D eigenvalue weighted by Gasteiger charge is -2.28. The summed E-state index contributed by atoms with van der Waals surface area (Å²) in [5, 5.41) is 2.64. The van der Waals surface area contributed by atoms with Crippen LogP contribution in [-0.4, -0.2) is 44.5 Å². The molecule has 1 aromatic carbocycles. The topological polar surface area (TPSA) is 58.6 Å². The van der Waals surface area contributed by atoms with E-state index >= 15 is 0 Å². The van der Waals surface area contributed by atoms with E-state index in [9.17, 15) is 9.59 Å². The molecule has 21 heavy (non-hydrogen) atoms. The van der Waals surface area contributed by atoms with Gasteiger partial charge in [0.05, 0.1) is 19.8 Å². The SMILES string of the molecule is CC(C)C(=O)NCC(=O)c1ccc(N2CCOCC2)cc1. The molecular formula is C16H22N2O3. The minimum Gasteiger partial charge on any atom is -0.378 e. The van der Waals surface area contributed by atoms with Gasteiger partial charge in [-0.1, -0.05) is 13.8 Å². The zero-order valence-electron chi connectivity index (χ0n) is 12.6. The van der Waals surface area contributed by atoms with Gasteiger partial charge in [-0.3, -0.25) is 9.59 Å². The van der Waals surface area contributed by atoms with E-state index in [1.54, 1.807) is 13.8 Å². The van der Waals surface area contributed by atoms with Crippen LogP contribution in [0.4, 0.5) is 5.69 Å². The number of benzene rings is 1. The fourth-order valence-corrected chi connectivity index (χ4v) is 2.15. The highest BCUT2D eigenvalue weighted by atomic mass is 16.5. The van der Waals surface area contributed by atoms with Crippen molar-refractivity contribution in [2.45, 2.75) is 13.8 Å². The third-order valence-corrected chi connectivity index (χ3v) is 3.51. The summed E-state index contributed by atoms with van der Waals surface area (Å²) in [4.78, 5) is 25.7. The number of ether oxygens (including phenoxy) is 1. The fourth-order valence-electron chi connectivity index (χ4n) is 2.15. The largest absolute Gasteiger partial charge is 0.378 e. The molecule has 0 aromatic heterocycles. The van der Waals surface area contributed by atoms with Crippen molar-refractivity contribution in [3.05, 3.63) is 29.8 Å². The van der Waals surface area contributed by atoms with E-state index < -0.39 is 0 Å². The molecule has 0 saturated carbocycles. The number of hydrogen-bond acceptors (Lipinski definition) is 4. The number of carbonyl (C=O) groups excluding carboxylic acids is 2. The first-order valence-electron chi connectivity index (χ1n) is 7.31. The van der Waals surface area contributed by atoms with Gasteiger partial charge in [-0.05, 0) is 24.3 Å². The van der Waals surface area contributed by atoms with Crippen LogP contribution in [0, 0.1) is 5.92 Å². The Labute approximate surface area is 125 Å². The molecular weight excluding hydrogens is 268 g/mol. The van der Waals surface area contributed by atoms with E-state index in [1.807, 2.05) is 24.3 Å². The lowest BCUT2D eigenvalue weighted by atomic mass is 10.1. The minimum absolute atomic E-state index is 0.0495. The Bertz CT molecular complexity index is 491. The van der Waals surface area contributed by atoms with Gasteiger partial charge < -0.3 is 15.0 Å². The highest BCUT2D eigenvalue weighted by Gasteiger charge is 2.13. The molecule has 1 fully saturated rings. The van der Waals surface area contributed by atoms with Crippen LogP contribution in [-0.2, 0) is 9.53 Å². The second-order valence-corrected chi connectivity index (χ2v) is 5.44. The Kier molecular flexibility index (Phi) is 5.33. The number of nitrogens with zero attached hydrogens (tertiary/aromatic N) is 1. The molecule has 5 heteroatoms. The summed E-state index contributed by atoms with van der Waals surface area (Å²) in [6.07, 6.45) is 0. The summed E-state index contributed by atoms with van der Waals surface area (Å²) in [5.74, 6) is -0.285. The Hall–Kier alpha value is -1.88. The van der Waals surface area contributed by atoms with E-state index in [0.29, 0.717) is 5.56 Å². The Morgan fingerprint density at radius 3 is 2.38 bits per heavy atom. The van der Waals surface area contributed by atoms with E-state index in [4.69, 9.17) is 4.74 Å². The van der Waals surface area contributed by atoms with Crippen LogP contribution >= 0.6 is 0 Å². The van der Waals surface area contributed by atoms with E-state index in [1.165, 1.54) is 0 Å². The standard InChI is InChI=1S/C16H22N2O3/c1-12(2)16(20)17-11-15(19)13-3-5-14(6-4-13)18-7-9-21-10-8-18/h3-6,12H,7-11H2,1-2H3,(H,17,20). The van der Waals surface area contributed by atoms with Gasteiger partial charge in [-0.2, -0.15) is 0 Å². The van der Waals surface area contributed by atoms with Crippen molar-refractivity contribution < 1.29 is 14.3 Å². The number of rotatable bonds is 5. The Morgan fingerprint density at radius 2 is 1.81 bits per heavy atom. The number of ketones is 1. The summed E-state index contributed by atoms with van der Waals surface area (Å²) in [5.41, 5.74) is 1.72. The quantitative estimate of drug-likeness (QED) is 0.835. The summed E-state index contributed by atoms with van der Waals surface area (Å²) in [6, 6.07) is 7.52. The smallest absolute Gasteiger partial charge is 0.222 e. The summed E-state index contributed by atoms with van der Waals surface area (Å²) >= 11 is 0. The average molecular weight is 290 g/mol. The highest BCUT2D eigenvalue weighted by Crippen LogP contribution is 2.16. The van der Waals surface area contributed by atoms with Gasteiger partial charge in [-0.15, -0.1) is 0 Å². The average Bonchev–Trinajstić information content (AvgIpc) is 2.53. The molecule has 1 aliphatic rings. The number of hydrogen-bond donors (Lipinski definition) is 1. The minimum atomic E-state index is -0.110. The van der Waals surface area contributed by atoms with E-state index in [2.05, 4.69) is 10.2 Å². The van der Waals surface area contributed by atoms with Crippen molar-refractivity contribution >= 4 is 17.4 Å². The molecule has 0 radical (unpaired) electrons. The number of anilines is 1. The van der Waals surface area contributed by atoms with Crippen molar-refractivity contribution in [2.24, 2.45) is 5.92 Å². The first-order valence-corrected chi connectivity index (χ1v) is 7.31. The lowest BCUT2D eigenvalue weighted by Crippen LogP contribution is -2.36. The van der Waals surface area contributed by atoms with Crippen LogP contribution < -0.4 is 10.2 Å². The molecule has 0 aliphatic carbocycles. The van der Waals surface area contributed by atoms with Crippen molar-refractivity contribution in [1.82, 2.24) is 5.32 Å². The van der Waals surface area contributed by atoms with Crippen molar-refractivity contribution in [1.29, 1.82) is 0 Å². The number of morpholine rings is 1. The summed E-state index contributed by atoms with van der Waals surface area (Å²) < 4.78 is 5.32. The molecule has 1 N–H and O–H groups in total. The van der Waals surface area contributed by atoms with Gasteiger partial charge in [0.15, 0.2) is 5.78 Å². The van der Waals surface area contributed by atoms with Gasteiger partial charge in [0.1, 0.15) is 0 Å². The van der Waals surface area contributed by atoms with Crippen molar-refractivity contribution in [3.63, 3.8) is 0 Å². The highest BCUT2D eigenvalue weighted by molar-refractivity contribution is 5.99. The van der Waals surface area contributed by atoms with Crippen molar-refractivity contribution in [2.75, 3.05) is 37.7 Å². The van der Waals surface area contributed by atoms with Gasteiger partial charge in [0.25, 0.3) is 0 Å². The second kappa shape index (κ2) is 7.22. The van der Waals surface area contributed by atoms with Gasteiger partial charge in [0, 0.05) is 30.3 Å². The summed E-state index contributed by atoms with van der Waals surface area (Å²) in [7, 11) is 0. The molecule has 0 bridgehead atoms. The maximum Gasteiger partial charge on any atom is 0.222 e. The maximum absolute atomic E-state index is 12.0. The number of carbonyl (C=O) groups is 2. The molecule has 1 heterocycles. The summed E-state index contributed by atoms with van der Waals surface area (Å²) in [6.45, 7) is 6.88. The maximum atomic E-state index is 12.0. The first-order chi connectivity index (χ1) is 10.1. The van der Waals surface area contributed by atoms with Crippen LogP contribution in [0.1, 0.15) is 24.2 Å². The molecule has 2 rings (SSSR count). The first kappa shape index (κ1) is 15.5. The zero-order valence-corrected chi connectivity index (χ0v) is 12.6. The van der Waals surface area contributed by atoms with E-state index in [0.717, 1.165) is 32.0 Å². The van der Waals surface area contributed by atoms with Crippen LogP contribution in [0.3, 0.4) is 0 Å². The number of Topliss-reactive ketones (excluding diaryl/α,β-unsaturated/α-hetero) is 1. The molecule has 0 unspecified atom stereocenters. The van der Waals surface area contributed by atoms with Crippen LogP contribution in [0.5, 0.6) is 0 Å². The molecule has 1 aliphatic heterocycles. The predicted molar refractivity (Wildman–Crippen MR) is 81.7 cm³/mol. The van der Waals surface area contributed by atoms with Crippen LogP contribution in [0.2, 0.25) is 0 Å².